The Morgan fingerprint density at radius 1 is 1.45 bits per heavy atom. The van der Waals surface area contributed by atoms with Crippen LogP contribution in [-0.4, -0.2) is 10.3 Å². The highest BCUT2D eigenvalue weighted by molar-refractivity contribution is 7.80. The summed E-state index contributed by atoms with van der Waals surface area (Å²) in [6.45, 7) is 0. The first kappa shape index (κ1) is 8.72. The normalized spacial score (nSPS) is 10.4. The quantitative estimate of drug-likeness (QED) is 0.521. The van der Waals surface area contributed by atoms with E-state index in [0.29, 0.717) is 0 Å². The van der Waals surface area contributed by atoms with E-state index in [4.69, 9.17) is 0 Å². The van der Waals surface area contributed by atoms with E-state index in [9.17, 15) is 0 Å². The Kier molecular flexibility index (Phi) is 3.57. The second-order valence-corrected chi connectivity index (χ2v) is 3.31. The van der Waals surface area contributed by atoms with Gasteiger partial charge in [0.15, 0.2) is 0 Å². The van der Waals surface area contributed by atoms with Crippen LogP contribution < -0.4 is 0 Å². The number of unbranched alkanes of at least 4 members (excludes halogenated alkanes) is 1. The SMILES string of the molecule is Cn1ccc(CCCCS)c1. The number of hydrogen-bond acceptors (Lipinski definition) is 1. The van der Waals surface area contributed by atoms with Crippen molar-refractivity contribution < 1.29 is 0 Å². The molecule has 0 aliphatic carbocycles. The molecule has 0 saturated heterocycles. The Labute approximate surface area is 73.8 Å². The fraction of sp³-hybridized carbons (Fsp3) is 0.556. The zero-order chi connectivity index (χ0) is 8.10. The van der Waals surface area contributed by atoms with Gasteiger partial charge in [-0.05, 0) is 36.6 Å². The van der Waals surface area contributed by atoms with Crippen LogP contribution in [0, 0.1) is 0 Å². The first-order chi connectivity index (χ1) is 5.33. The maximum Gasteiger partial charge on any atom is 0.0106 e. The minimum Gasteiger partial charge on any atom is -0.357 e. The van der Waals surface area contributed by atoms with Crippen LogP contribution in [0.25, 0.3) is 0 Å². The van der Waals surface area contributed by atoms with Crippen molar-refractivity contribution in [1.29, 1.82) is 0 Å². The zero-order valence-electron chi connectivity index (χ0n) is 6.95. The molecule has 1 aromatic rings. The van der Waals surface area contributed by atoms with Gasteiger partial charge in [-0.25, -0.2) is 0 Å². The van der Waals surface area contributed by atoms with Crippen LogP contribution in [-0.2, 0) is 13.5 Å². The molecule has 0 aromatic carbocycles. The van der Waals surface area contributed by atoms with Gasteiger partial charge in [-0.3, -0.25) is 0 Å². The molecule has 2 heteroatoms. The molecule has 0 radical (unpaired) electrons. The Morgan fingerprint density at radius 2 is 2.27 bits per heavy atom. The van der Waals surface area contributed by atoms with Crippen LogP contribution in [0.15, 0.2) is 18.5 Å². The average Bonchev–Trinajstić information content (AvgIpc) is 2.37. The summed E-state index contributed by atoms with van der Waals surface area (Å²) in [4.78, 5) is 0. The van der Waals surface area contributed by atoms with Gasteiger partial charge < -0.3 is 4.57 Å². The molecule has 0 aliphatic heterocycles. The molecule has 0 N–H and O–H groups in total. The zero-order valence-corrected chi connectivity index (χ0v) is 7.85. The fourth-order valence-electron chi connectivity index (χ4n) is 1.15. The summed E-state index contributed by atoms with van der Waals surface area (Å²) in [5.41, 5.74) is 1.44. The molecule has 0 spiro atoms. The van der Waals surface area contributed by atoms with Crippen molar-refractivity contribution in [2.75, 3.05) is 5.75 Å². The monoisotopic (exact) mass is 169 g/mol. The predicted molar refractivity (Wildman–Crippen MR) is 52.2 cm³/mol. The minimum absolute atomic E-state index is 1.01. The van der Waals surface area contributed by atoms with E-state index in [1.807, 2.05) is 0 Å². The van der Waals surface area contributed by atoms with Crippen LogP contribution in [0.4, 0.5) is 0 Å². The molecule has 1 rings (SSSR count). The number of aromatic nitrogens is 1. The van der Waals surface area contributed by atoms with E-state index in [-0.39, 0.29) is 0 Å². The van der Waals surface area contributed by atoms with Gasteiger partial charge in [0.1, 0.15) is 0 Å². The van der Waals surface area contributed by atoms with Gasteiger partial charge in [0, 0.05) is 19.4 Å². The summed E-state index contributed by atoms with van der Waals surface area (Å²) in [5, 5.41) is 0. The highest BCUT2D eigenvalue weighted by Crippen LogP contribution is 2.05. The number of thiol groups is 1. The maximum atomic E-state index is 4.17. The Hall–Kier alpha value is -0.370. The van der Waals surface area contributed by atoms with Crippen LogP contribution in [0.3, 0.4) is 0 Å². The standard InChI is InChI=1S/C9H15NS/c1-10-6-5-9(8-10)4-2-3-7-11/h5-6,8,11H,2-4,7H2,1H3. The molecule has 0 amide bonds. The molecule has 0 unspecified atom stereocenters. The predicted octanol–water partition coefficient (Wildman–Crippen LogP) is 2.28. The van der Waals surface area contributed by atoms with Gasteiger partial charge in [-0.1, -0.05) is 0 Å². The lowest BCUT2D eigenvalue weighted by Crippen LogP contribution is -1.84. The van der Waals surface area contributed by atoms with Gasteiger partial charge in [0.25, 0.3) is 0 Å². The van der Waals surface area contributed by atoms with Gasteiger partial charge in [0.2, 0.25) is 0 Å². The highest BCUT2D eigenvalue weighted by Gasteiger charge is 1.93. The molecule has 1 nitrogen and oxygen atoms in total. The maximum absolute atomic E-state index is 4.17. The summed E-state index contributed by atoms with van der Waals surface area (Å²) >= 11 is 4.17. The van der Waals surface area contributed by atoms with E-state index in [2.05, 4.69) is 42.7 Å². The Balaban J connectivity index is 2.27. The molecule has 0 bridgehead atoms. The van der Waals surface area contributed by atoms with E-state index >= 15 is 0 Å². The lowest BCUT2D eigenvalue weighted by Gasteiger charge is -1.94. The van der Waals surface area contributed by atoms with Crippen LogP contribution in [0.5, 0.6) is 0 Å². The number of aryl methyl sites for hydroxylation is 2. The third-order valence-corrected chi connectivity index (χ3v) is 2.08. The lowest BCUT2D eigenvalue weighted by molar-refractivity contribution is 0.800. The molecule has 62 valence electrons. The third-order valence-electron chi connectivity index (χ3n) is 1.77. The van der Waals surface area contributed by atoms with Gasteiger partial charge in [0.05, 0.1) is 0 Å². The molecular formula is C9H15NS. The molecule has 0 fully saturated rings. The first-order valence-corrected chi connectivity index (χ1v) is 4.68. The fourth-order valence-corrected chi connectivity index (χ4v) is 1.37. The summed E-state index contributed by atoms with van der Waals surface area (Å²) in [6, 6.07) is 2.18. The van der Waals surface area contributed by atoms with Crippen molar-refractivity contribution in [2.45, 2.75) is 19.3 Å². The van der Waals surface area contributed by atoms with Crippen LogP contribution in [0.2, 0.25) is 0 Å². The van der Waals surface area contributed by atoms with Gasteiger partial charge in [-0.15, -0.1) is 0 Å². The van der Waals surface area contributed by atoms with Crippen molar-refractivity contribution >= 4 is 12.6 Å². The van der Waals surface area contributed by atoms with E-state index in [1.54, 1.807) is 0 Å². The van der Waals surface area contributed by atoms with E-state index in [1.165, 1.54) is 24.8 Å². The molecular weight excluding hydrogens is 154 g/mol. The van der Waals surface area contributed by atoms with E-state index < -0.39 is 0 Å². The molecule has 0 saturated carbocycles. The van der Waals surface area contributed by atoms with Crippen molar-refractivity contribution in [3.63, 3.8) is 0 Å². The van der Waals surface area contributed by atoms with Crippen molar-refractivity contribution in [3.05, 3.63) is 24.0 Å². The number of nitrogens with zero attached hydrogens (tertiary/aromatic N) is 1. The molecule has 0 atom stereocenters. The summed E-state index contributed by atoms with van der Waals surface area (Å²) in [5.74, 6) is 1.01. The molecule has 1 aromatic heterocycles. The van der Waals surface area contributed by atoms with Crippen LogP contribution in [0.1, 0.15) is 18.4 Å². The van der Waals surface area contributed by atoms with Gasteiger partial charge in [-0.2, -0.15) is 12.6 Å². The lowest BCUT2D eigenvalue weighted by atomic mass is 10.2. The smallest absolute Gasteiger partial charge is 0.0106 e. The van der Waals surface area contributed by atoms with Crippen molar-refractivity contribution in [3.8, 4) is 0 Å². The topological polar surface area (TPSA) is 4.93 Å². The third kappa shape index (κ3) is 3.02. The van der Waals surface area contributed by atoms with Crippen LogP contribution >= 0.6 is 12.6 Å². The molecule has 1 heterocycles. The van der Waals surface area contributed by atoms with E-state index in [0.717, 1.165) is 5.75 Å². The van der Waals surface area contributed by atoms with Crippen molar-refractivity contribution in [2.24, 2.45) is 7.05 Å². The van der Waals surface area contributed by atoms with Crippen molar-refractivity contribution in [1.82, 2.24) is 4.57 Å². The minimum atomic E-state index is 1.01. The Bertz CT molecular complexity index is 205. The highest BCUT2D eigenvalue weighted by atomic mass is 32.1. The molecule has 0 aliphatic rings. The summed E-state index contributed by atoms with van der Waals surface area (Å²) in [7, 11) is 2.06. The second kappa shape index (κ2) is 4.50. The first-order valence-electron chi connectivity index (χ1n) is 4.04. The largest absolute Gasteiger partial charge is 0.357 e. The summed E-state index contributed by atoms with van der Waals surface area (Å²) < 4.78 is 2.09. The van der Waals surface area contributed by atoms with Gasteiger partial charge >= 0.3 is 0 Å². The number of hydrogen-bond donors (Lipinski definition) is 1. The Morgan fingerprint density at radius 3 is 2.82 bits per heavy atom. The average molecular weight is 169 g/mol. The number of rotatable bonds is 4. The summed E-state index contributed by atoms with van der Waals surface area (Å²) in [6.07, 6.45) is 7.95. The molecule has 11 heavy (non-hydrogen) atoms. The second-order valence-electron chi connectivity index (χ2n) is 2.87.